The van der Waals surface area contributed by atoms with Crippen LogP contribution in [-0.2, 0) is 54.7 Å². The highest BCUT2D eigenvalue weighted by Crippen LogP contribution is 2.15. The number of benzene rings is 4. The lowest BCUT2D eigenvalue weighted by Crippen LogP contribution is -2.56. The Morgan fingerprint density at radius 2 is 0.681 bits per heavy atom. The molecule has 0 fully saturated rings. The van der Waals surface area contributed by atoms with Crippen LogP contribution in [0.25, 0.3) is 0 Å². The summed E-state index contributed by atoms with van der Waals surface area (Å²) in [6.45, 7) is 8.98. The van der Waals surface area contributed by atoms with Gasteiger partial charge < -0.3 is 41.4 Å². The second-order valence-corrected chi connectivity index (χ2v) is 18.8. The van der Waals surface area contributed by atoms with Gasteiger partial charge in [-0.25, -0.2) is 9.59 Å². The Hall–Kier alpha value is -6.70. The Morgan fingerprint density at radius 1 is 0.389 bits per heavy atom. The number of ether oxygens (including phenoxy) is 2. The fraction of sp³-hybridized carbons (Fsp3) is 0.483. The summed E-state index contributed by atoms with van der Waals surface area (Å²) in [7, 11) is 0. The highest BCUT2D eigenvalue weighted by Gasteiger charge is 2.32. The molecule has 6 amide bonds. The van der Waals surface area contributed by atoms with E-state index in [4.69, 9.17) is 9.47 Å². The van der Waals surface area contributed by atoms with Crippen LogP contribution in [0.2, 0.25) is 0 Å². The quantitative estimate of drug-likeness (QED) is 0.0254. The van der Waals surface area contributed by atoms with Crippen molar-refractivity contribution in [2.24, 2.45) is 11.8 Å². The van der Waals surface area contributed by atoms with E-state index >= 15 is 0 Å². The van der Waals surface area contributed by atoms with Crippen LogP contribution in [0.3, 0.4) is 0 Å². The van der Waals surface area contributed by atoms with Gasteiger partial charge in [0.25, 0.3) is 0 Å². The minimum atomic E-state index is -0.945. The van der Waals surface area contributed by atoms with Crippen molar-refractivity contribution in [3.05, 3.63) is 144 Å². The van der Waals surface area contributed by atoms with Gasteiger partial charge in [-0.05, 0) is 46.9 Å². The summed E-state index contributed by atoms with van der Waals surface area (Å²) < 4.78 is 10.8. The molecule has 4 rings (SSSR count). The standard InChI is InChI=1S/C58H80N6O8/c1-5-43(3)51(63-53(65)49(39-45-29-19-15-20-30-45)61-57(69)71-41-47-33-23-17-24-34-47)55(67)59-37-27-13-11-9-7-8-10-12-14-28-38-60-56(68)52(44(4)6-2)64-54(66)50(40-46-31-21-16-22-32-46)62-58(70)72-42-48-35-25-18-26-36-48/h15-26,29-36,43-44,49-52H,5-14,27-28,37-42H2,1-4H3,(H,59,67)(H,60,68)(H,61,69)(H,62,70)(H,63,65)(H,64,66)/t43-,44-,49-,50-,51-,52-/m0/s1. The molecule has 0 aliphatic rings. The van der Waals surface area contributed by atoms with Gasteiger partial charge in [0.05, 0.1) is 0 Å². The molecule has 14 nitrogen and oxygen atoms in total. The third kappa shape index (κ3) is 22.6. The Balaban J connectivity index is 1.10. The van der Waals surface area contributed by atoms with Crippen LogP contribution in [0.1, 0.15) is 127 Å². The summed E-state index contributed by atoms with van der Waals surface area (Å²) in [5, 5.41) is 17.4. The van der Waals surface area contributed by atoms with Gasteiger partial charge in [-0.3, -0.25) is 19.2 Å². The number of carbonyl (C=O) groups excluding carboxylic acids is 6. The number of nitrogens with one attached hydrogen (secondary N) is 6. The van der Waals surface area contributed by atoms with Crippen molar-refractivity contribution in [2.45, 2.75) is 155 Å². The van der Waals surface area contributed by atoms with E-state index in [0.717, 1.165) is 86.5 Å². The maximum Gasteiger partial charge on any atom is 0.408 e. The summed E-state index contributed by atoms with van der Waals surface area (Å²) >= 11 is 0. The summed E-state index contributed by atoms with van der Waals surface area (Å²) in [4.78, 5) is 80.0. The second-order valence-electron chi connectivity index (χ2n) is 18.8. The summed E-state index contributed by atoms with van der Waals surface area (Å²) in [6, 6.07) is 34.0. The van der Waals surface area contributed by atoms with Gasteiger partial charge in [-0.15, -0.1) is 0 Å². The number of unbranched alkanes of at least 4 members (excludes halogenated alkanes) is 9. The van der Waals surface area contributed by atoms with E-state index in [1.54, 1.807) is 0 Å². The fourth-order valence-corrected chi connectivity index (χ4v) is 8.15. The highest BCUT2D eigenvalue weighted by molar-refractivity contribution is 5.92. The van der Waals surface area contributed by atoms with Crippen molar-refractivity contribution in [1.29, 1.82) is 0 Å². The molecule has 72 heavy (non-hydrogen) atoms. The molecule has 14 heteroatoms. The van der Waals surface area contributed by atoms with Gasteiger partial charge in [0, 0.05) is 25.9 Å². The van der Waals surface area contributed by atoms with Crippen LogP contribution in [0.15, 0.2) is 121 Å². The molecular formula is C58H80N6O8. The third-order valence-corrected chi connectivity index (χ3v) is 13.0. The molecule has 0 radical (unpaired) electrons. The highest BCUT2D eigenvalue weighted by atomic mass is 16.6. The average Bonchev–Trinajstić information content (AvgIpc) is 3.40. The lowest BCUT2D eigenvalue weighted by Gasteiger charge is -2.26. The molecule has 0 aliphatic carbocycles. The number of carbonyl (C=O) groups is 6. The zero-order chi connectivity index (χ0) is 51.8. The molecule has 0 saturated heterocycles. The van der Waals surface area contributed by atoms with Gasteiger partial charge in [0.15, 0.2) is 0 Å². The lowest BCUT2D eigenvalue weighted by atomic mass is 9.97. The van der Waals surface area contributed by atoms with Gasteiger partial charge in [-0.2, -0.15) is 0 Å². The first-order valence-electron chi connectivity index (χ1n) is 26.2. The van der Waals surface area contributed by atoms with Crippen molar-refractivity contribution < 1.29 is 38.2 Å². The average molecular weight is 989 g/mol. The van der Waals surface area contributed by atoms with Crippen molar-refractivity contribution >= 4 is 35.8 Å². The number of hydrogen-bond donors (Lipinski definition) is 6. The molecule has 6 atom stereocenters. The van der Waals surface area contributed by atoms with Gasteiger partial charge >= 0.3 is 12.2 Å². The third-order valence-electron chi connectivity index (χ3n) is 13.0. The van der Waals surface area contributed by atoms with Crippen LogP contribution in [0, 0.1) is 11.8 Å². The van der Waals surface area contributed by atoms with Crippen molar-refractivity contribution in [1.82, 2.24) is 31.9 Å². The molecule has 0 aliphatic heterocycles. The number of hydrogen-bond acceptors (Lipinski definition) is 8. The van der Waals surface area contributed by atoms with E-state index < -0.39 is 48.2 Å². The molecule has 0 bridgehead atoms. The van der Waals surface area contributed by atoms with Crippen LogP contribution in [-0.4, -0.2) is 73.1 Å². The minimum Gasteiger partial charge on any atom is -0.445 e. The molecule has 4 aromatic rings. The zero-order valence-corrected chi connectivity index (χ0v) is 43.0. The SMILES string of the molecule is CC[C@H](C)[C@H](NC(=O)[C@H](Cc1ccccc1)NC(=O)OCc1ccccc1)C(=O)NCCCCCCCCCCCCNC(=O)[C@@H](NC(=O)[C@H](Cc1ccccc1)NC(=O)OCc1ccccc1)[C@@H](C)CC. The van der Waals surface area contributed by atoms with E-state index in [1.165, 1.54) is 0 Å². The lowest BCUT2D eigenvalue weighted by molar-refractivity contribution is -0.131. The normalized spacial score (nSPS) is 13.4. The van der Waals surface area contributed by atoms with E-state index in [2.05, 4.69) is 31.9 Å². The Morgan fingerprint density at radius 3 is 0.986 bits per heavy atom. The minimum absolute atomic E-state index is 0.0671. The van der Waals surface area contributed by atoms with Crippen molar-refractivity contribution in [2.75, 3.05) is 13.1 Å². The van der Waals surface area contributed by atoms with Crippen molar-refractivity contribution in [3.63, 3.8) is 0 Å². The molecule has 0 unspecified atom stereocenters. The first-order chi connectivity index (χ1) is 35.0. The van der Waals surface area contributed by atoms with Crippen LogP contribution in [0.5, 0.6) is 0 Å². The molecular weight excluding hydrogens is 909 g/mol. The molecule has 0 heterocycles. The van der Waals surface area contributed by atoms with Crippen LogP contribution in [0.4, 0.5) is 9.59 Å². The predicted octanol–water partition coefficient (Wildman–Crippen LogP) is 9.26. The van der Waals surface area contributed by atoms with E-state index in [1.807, 2.05) is 149 Å². The number of amides is 6. The van der Waals surface area contributed by atoms with E-state index in [-0.39, 0.29) is 49.7 Å². The zero-order valence-electron chi connectivity index (χ0n) is 43.0. The molecule has 0 spiro atoms. The number of rotatable bonds is 33. The summed E-state index contributed by atoms with van der Waals surface area (Å²) in [6.07, 6.45) is 10.7. The van der Waals surface area contributed by atoms with Crippen molar-refractivity contribution in [3.8, 4) is 0 Å². The largest absolute Gasteiger partial charge is 0.445 e. The van der Waals surface area contributed by atoms with Gasteiger partial charge in [0.1, 0.15) is 37.4 Å². The molecule has 4 aromatic carbocycles. The maximum absolute atomic E-state index is 13.7. The molecule has 390 valence electrons. The summed E-state index contributed by atoms with van der Waals surface area (Å²) in [5.74, 6) is -1.63. The molecule has 0 saturated carbocycles. The smallest absolute Gasteiger partial charge is 0.408 e. The number of alkyl carbamates (subject to hydrolysis) is 2. The first kappa shape index (κ1) is 57.9. The second kappa shape index (κ2) is 33.8. The monoisotopic (exact) mass is 989 g/mol. The van der Waals surface area contributed by atoms with Crippen LogP contribution >= 0.6 is 0 Å². The topological polar surface area (TPSA) is 193 Å². The molecule has 0 aromatic heterocycles. The van der Waals surface area contributed by atoms with Gasteiger partial charge in [0.2, 0.25) is 23.6 Å². The van der Waals surface area contributed by atoms with E-state index in [9.17, 15) is 28.8 Å². The maximum atomic E-state index is 13.7. The summed E-state index contributed by atoms with van der Waals surface area (Å²) in [5.41, 5.74) is 3.38. The Kier molecular flexibility index (Phi) is 27.2. The van der Waals surface area contributed by atoms with Crippen LogP contribution < -0.4 is 31.9 Å². The predicted molar refractivity (Wildman–Crippen MR) is 282 cm³/mol. The molecule has 6 N–H and O–H groups in total. The Labute approximate surface area is 428 Å². The Bertz CT molecular complexity index is 2030. The van der Waals surface area contributed by atoms with Gasteiger partial charge in [-0.1, -0.05) is 213 Å². The first-order valence-corrected chi connectivity index (χ1v) is 26.2. The van der Waals surface area contributed by atoms with E-state index in [0.29, 0.717) is 25.9 Å². The fourth-order valence-electron chi connectivity index (χ4n) is 8.15.